The van der Waals surface area contributed by atoms with E-state index in [1.807, 2.05) is 19.1 Å². The molecule has 2 aromatic rings. The monoisotopic (exact) mass is 280 g/mol. The number of carbonyl (C=O) groups is 1. The molecule has 0 aromatic carbocycles. The van der Waals surface area contributed by atoms with Gasteiger partial charge in [0, 0.05) is 11.1 Å². The first-order valence-corrected chi connectivity index (χ1v) is 7.11. The topological polar surface area (TPSA) is 52.1 Å². The summed E-state index contributed by atoms with van der Waals surface area (Å²) in [6, 6.07) is 0. The zero-order chi connectivity index (χ0) is 13.0. The van der Waals surface area contributed by atoms with Crippen LogP contribution in [0.4, 0.5) is 0 Å². The van der Waals surface area contributed by atoms with Crippen molar-refractivity contribution in [2.75, 3.05) is 6.61 Å². The van der Waals surface area contributed by atoms with Crippen LogP contribution in [0.1, 0.15) is 32.2 Å². The molecule has 0 amide bonds. The van der Waals surface area contributed by atoms with Gasteiger partial charge in [-0.3, -0.25) is 4.98 Å². The molecule has 0 fully saturated rings. The largest absolute Gasteiger partial charge is 0.462 e. The average molecular weight is 280 g/mol. The lowest BCUT2D eigenvalue weighted by molar-refractivity contribution is 0.0531. The van der Waals surface area contributed by atoms with Gasteiger partial charge in [-0.1, -0.05) is 0 Å². The van der Waals surface area contributed by atoms with Gasteiger partial charge in [0.1, 0.15) is 9.88 Å². The Morgan fingerprint density at radius 3 is 3.00 bits per heavy atom. The number of hydrogen-bond acceptors (Lipinski definition) is 6. The van der Waals surface area contributed by atoms with Crippen LogP contribution in [0, 0.1) is 6.92 Å². The molecule has 0 aliphatic heterocycles. The fourth-order valence-corrected chi connectivity index (χ4v) is 2.71. The van der Waals surface area contributed by atoms with Gasteiger partial charge in [0.2, 0.25) is 0 Å². The van der Waals surface area contributed by atoms with E-state index in [2.05, 4.69) is 9.97 Å². The quantitative estimate of drug-likeness (QED) is 0.807. The van der Waals surface area contributed by atoms with Gasteiger partial charge < -0.3 is 4.74 Å². The SMILES string of the molecule is CCOC(=O)c1sc(/C=C/c2cncs2)nc1C. The zero-order valence-electron chi connectivity index (χ0n) is 10.0. The van der Waals surface area contributed by atoms with E-state index >= 15 is 0 Å². The number of rotatable bonds is 4. The fourth-order valence-electron chi connectivity index (χ4n) is 1.34. The normalized spacial score (nSPS) is 11.0. The molecule has 6 heteroatoms. The molecule has 0 radical (unpaired) electrons. The van der Waals surface area contributed by atoms with E-state index in [1.165, 1.54) is 11.3 Å². The van der Waals surface area contributed by atoms with E-state index in [9.17, 15) is 4.79 Å². The van der Waals surface area contributed by atoms with Gasteiger partial charge in [-0.05, 0) is 26.0 Å². The Kier molecular flexibility index (Phi) is 4.22. The lowest BCUT2D eigenvalue weighted by atomic mass is 10.4. The lowest BCUT2D eigenvalue weighted by Gasteiger charge is -1.97. The zero-order valence-corrected chi connectivity index (χ0v) is 11.7. The Morgan fingerprint density at radius 1 is 1.50 bits per heavy atom. The van der Waals surface area contributed by atoms with E-state index < -0.39 is 0 Å². The molecule has 0 unspecified atom stereocenters. The van der Waals surface area contributed by atoms with Gasteiger partial charge in [0.25, 0.3) is 0 Å². The van der Waals surface area contributed by atoms with E-state index in [1.54, 1.807) is 30.0 Å². The van der Waals surface area contributed by atoms with Crippen molar-refractivity contribution in [1.29, 1.82) is 0 Å². The molecular formula is C12H12N2O2S2. The van der Waals surface area contributed by atoms with Crippen LogP contribution >= 0.6 is 22.7 Å². The number of nitrogens with zero attached hydrogens (tertiary/aromatic N) is 2. The molecule has 0 bridgehead atoms. The van der Waals surface area contributed by atoms with Gasteiger partial charge >= 0.3 is 5.97 Å². The number of thiazole rings is 2. The standard InChI is InChI=1S/C12H12N2O2S2/c1-3-16-12(15)11-8(2)14-10(18-11)5-4-9-6-13-7-17-9/h4-7H,3H2,1-2H3/b5-4+. The number of esters is 1. The molecule has 0 saturated heterocycles. The summed E-state index contributed by atoms with van der Waals surface area (Å²) >= 11 is 2.90. The minimum absolute atomic E-state index is 0.301. The minimum Gasteiger partial charge on any atom is -0.462 e. The van der Waals surface area contributed by atoms with Gasteiger partial charge in [0.15, 0.2) is 0 Å². The summed E-state index contributed by atoms with van der Waals surface area (Å²) in [7, 11) is 0. The van der Waals surface area contributed by atoms with E-state index in [0.717, 1.165) is 9.88 Å². The first-order chi connectivity index (χ1) is 8.70. The average Bonchev–Trinajstić information content (AvgIpc) is 2.96. The maximum atomic E-state index is 11.6. The summed E-state index contributed by atoms with van der Waals surface area (Å²) in [5.74, 6) is -0.301. The van der Waals surface area contributed by atoms with Crippen molar-refractivity contribution >= 4 is 40.8 Å². The van der Waals surface area contributed by atoms with Crippen LogP contribution < -0.4 is 0 Å². The Bertz CT molecular complexity index is 559. The molecule has 0 spiro atoms. The third-order valence-electron chi connectivity index (χ3n) is 2.12. The number of hydrogen-bond donors (Lipinski definition) is 0. The van der Waals surface area contributed by atoms with Crippen molar-refractivity contribution < 1.29 is 9.53 Å². The van der Waals surface area contributed by atoms with Crippen LogP contribution in [-0.2, 0) is 4.74 Å². The molecule has 94 valence electrons. The predicted molar refractivity (Wildman–Crippen MR) is 73.8 cm³/mol. The van der Waals surface area contributed by atoms with E-state index in [0.29, 0.717) is 17.2 Å². The van der Waals surface area contributed by atoms with Crippen molar-refractivity contribution in [2.24, 2.45) is 0 Å². The Balaban J connectivity index is 2.16. The maximum Gasteiger partial charge on any atom is 0.350 e. The molecule has 0 atom stereocenters. The second-order valence-electron chi connectivity index (χ2n) is 3.42. The lowest BCUT2D eigenvalue weighted by Crippen LogP contribution is -2.03. The van der Waals surface area contributed by atoms with Crippen LogP contribution in [0.2, 0.25) is 0 Å². The number of ether oxygens (including phenoxy) is 1. The molecule has 2 aromatic heterocycles. The fraction of sp³-hybridized carbons (Fsp3) is 0.250. The highest BCUT2D eigenvalue weighted by atomic mass is 32.1. The summed E-state index contributed by atoms with van der Waals surface area (Å²) in [5.41, 5.74) is 2.49. The van der Waals surface area contributed by atoms with Gasteiger partial charge in [-0.25, -0.2) is 9.78 Å². The Morgan fingerprint density at radius 2 is 2.33 bits per heavy atom. The van der Waals surface area contributed by atoms with Crippen molar-refractivity contribution in [3.63, 3.8) is 0 Å². The molecular weight excluding hydrogens is 268 g/mol. The smallest absolute Gasteiger partial charge is 0.350 e. The second-order valence-corrected chi connectivity index (χ2v) is 5.37. The molecule has 0 aliphatic carbocycles. The first-order valence-electron chi connectivity index (χ1n) is 5.42. The van der Waals surface area contributed by atoms with Crippen molar-refractivity contribution in [2.45, 2.75) is 13.8 Å². The first kappa shape index (κ1) is 12.9. The van der Waals surface area contributed by atoms with Gasteiger partial charge in [-0.2, -0.15) is 0 Å². The third-order valence-corrected chi connectivity index (χ3v) is 3.96. The van der Waals surface area contributed by atoms with Crippen molar-refractivity contribution in [1.82, 2.24) is 9.97 Å². The van der Waals surface area contributed by atoms with Crippen LogP contribution in [-0.4, -0.2) is 22.5 Å². The van der Waals surface area contributed by atoms with E-state index in [-0.39, 0.29) is 5.97 Å². The molecule has 0 aliphatic rings. The molecule has 0 N–H and O–H groups in total. The summed E-state index contributed by atoms with van der Waals surface area (Å²) in [6.45, 7) is 3.98. The summed E-state index contributed by atoms with van der Waals surface area (Å²) in [5, 5.41) is 0.795. The maximum absolute atomic E-state index is 11.6. The Labute approximate surface area is 113 Å². The highest BCUT2D eigenvalue weighted by Crippen LogP contribution is 2.21. The highest BCUT2D eigenvalue weighted by molar-refractivity contribution is 7.14. The van der Waals surface area contributed by atoms with Crippen LogP contribution in [0.25, 0.3) is 12.2 Å². The van der Waals surface area contributed by atoms with Crippen LogP contribution in [0.15, 0.2) is 11.7 Å². The van der Waals surface area contributed by atoms with Crippen LogP contribution in [0.3, 0.4) is 0 Å². The van der Waals surface area contributed by atoms with Gasteiger partial charge in [0.05, 0.1) is 17.8 Å². The highest BCUT2D eigenvalue weighted by Gasteiger charge is 2.14. The number of carbonyl (C=O) groups excluding carboxylic acids is 1. The van der Waals surface area contributed by atoms with E-state index in [4.69, 9.17) is 4.74 Å². The molecule has 0 saturated carbocycles. The van der Waals surface area contributed by atoms with Crippen LogP contribution in [0.5, 0.6) is 0 Å². The van der Waals surface area contributed by atoms with Crippen molar-refractivity contribution in [3.05, 3.63) is 32.2 Å². The predicted octanol–water partition coefficient (Wildman–Crippen LogP) is 3.26. The minimum atomic E-state index is -0.301. The second kappa shape index (κ2) is 5.88. The summed E-state index contributed by atoms with van der Waals surface area (Å²) < 4.78 is 4.97. The number of aromatic nitrogens is 2. The third kappa shape index (κ3) is 3.02. The van der Waals surface area contributed by atoms with Gasteiger partial charge in [-0.15, -0.1) is 22.7 Å². The molecule has 2 rings (SSSR count). The molecule has 18 heavy (non-hydrogen) atoms. The number of aryl methyl sites for hydroxylation is 1. The summed E-state index contributed by atoms with van der Waals surface area (Å²) in [4.78, 5) is 21.6. The molecule has 4 nitrogen and oxygen atoms in total. The summed E-state index contributed by atoms with van der Waals surface area (Å²) in [6.07, 6.45) is 5.60. The molecule has 2 heterocycles. The Hall–Kier alpha value is -1.53. The van der Waals surface area contributed by atoms with Crippen molar-refractivity contribution in [3.8, 4) is 0 Å².